The Balaban J connectivity index is 1.48. The van der Waals surface area contributed by atoms with E-state index in [1.165, 1.54) is 6.07 Å². The van der Waals surface area contributed by atoms with Crippen LogP contribution in [0.4, 0.5) is 10.2 Å². The molecule has 6 rings (SSSR count). The van der Waals surface area contributed by atoms with Crippen molar-refractivity contribution >= 4 is 27.8 Å². The summed E-state index contributed by atoms with van der Waals surface area (Å²) in [5.74, 6) is 0.885. The fourth-order valence-corrected chi connectivity index (χ4v) is 5.71. The van der Waals surface area contributed by atoms with Gasteiger partial charge in [0, 0.05) is 44.0 Å². The van der Waals surface area contributed by atoms with Gasteiger partial charge in [-0.3, -0.25) is 14.1 Å². The topological polar surface area (TPSA) is 68.4 Å². The summed E-state index contributed by atoms with van der Waals surface area (Å²) in [5, 5.41) is 0.655. The maximum absolute atomic E-state index is 15.6. The average Bonchev–Trinajstić information content (AvgIpc) is 3.05. The van der Waals surface area contributed by atoms with Gasteiger partial charge in [0.1, 0.15) is 24.0 Å². The number of anilines is 1. The smallest absolute Gasteiger partial charge is 0.329 e. The molecule has 3 aromatic heterocycles. The second kappa shape index (κ2) is 8.03. The zero-order valence-electron chi connectivity index (χ0n) is 21.4. The minimum atomic E-state index is -0.627. The lowest BCUT2D eigenvalue weighted by Gasteiger charge is -2.35. The molecule has 0 saturated carbocycles. The van der Waals surface area contributed by atoms with Crippen molar-refractivity contribution in [2.75, 3.05) is 38.7 Å². The molecular weight excluding hydrogens is 459 g/mol. The highest BCUT2D eigenvalue weighted by atomic mass is 19.1. The van der Waals surface area contributed by atoms with Crippen LogP contribution >= 0.6 is 0 Å². The van der Waals surface area contributed by atoms with Gasteiger partial charge in [0.05, 0.1) is 39.2 Å². The number of hydrogen-bond donors (Lipinski definition) is 0. The highest BCUT2D eigenvalue weighted by Gasteiger charge is 2.34. The van der Waals surface area contributed by atoms with E-state index in [-0.39, 0.29) is 12.3 Å². The molecule has 188 valence electrons. The molecule has 5 heterocycles. The number of imidazole rings is 1. The molecule has 0 radical (unpaired) electrons. The lowest BCUT2D eigenvalue weighted by atomic mass is 10.0. The maximum Gasteiger partial charge on any atom is 0.329 e. The molecular formula is C27H31FN6O2. The molecule has 0 N–H and O–H groups in total. The zero-order valence-corrected chi connectivity index (χ0v) is 21.4. The Morgan fingerprint density at radius 3 is 2.56 bits per heavy atom. The molecule has 0 amide bonds. The number of pyridine rings is 2. The first-order chi connectivity index (χ1) is 17.2. The number of benzene rings is 1. The van der Waals surface area contributed by atoms with Crippen molar-refractivity contribution in [3.8, 4) is 16.9 Å². The molecule has 0 bridgehead atoms. The fourth-order valence-electron chi connectivity index (χ4n) is 5.71. The van der Waals surface area contributed by atoms with Gasteiger partial charge in [-0.25, -0.2) is 14.2 Å². The first-order valence-corrected chi connectivity index (χ1v) is 12.4. The molecule has 2 aliphatic rings. The van der Waals surface area contributed by atoms with Crippen molar-refractivity contribution in [1.82, 2.24) is 24.0 Å². The minimum Gasteiger partial charge on any atom is -0.490 e. The van der Waals surface area contributed by atoms with Crippen LogP contribution in [-0.2, 0) is 12.6 Å². The first-order valence-electron chi connectivity index (χ1n) is 12.4. The third kappa shape index (κ3) is 3.32. The molecule has 36 heavy (non-hydrogen) atoms. The summed E-state index contributed by atoms with van der Waals surface area (Å²) in [6, 6.07) is 5.88. The number of piperidine rings is 1. The van der Waals surface area contributed by atoms with E-state index >= 15 is 4.39 Å². The number of hydrogen-bond acceptors (Lipinski definition) is 6. The summed E-state index contributed by atoms with van der Waals surface area (Å²) in [6.07, 6.45) is 5.53. The SMILES string of the molecule is CN(C)C1CCN(c2ccc(-c3c(F)cc4ncc5c6c4c3OCC(C)(C)n6c(=O)n5C)cn2)CC1. The van der Waals surface area contributed by atoms with E-state index in [9.17, 15) is 4.79 Å². The Bertz CT molecular complexity index is 1550. The molecule has 2 aliphatic heterocycles. The van der Waals surface area contributed by atoms with Crippen molar-refractivity contribution in [1.29, 1.82) is 0 Å². The summed E-state index contributed by atoms with van der Waals surface area (Å²) < 4.78 is 25.3. The molecule has 1 saturated heterocycles. The largest absolute Gasteiger partial charge is 0.490 e. The number of aryl methyl sites for hydroxylation is 1. The van der Waals surface area contributed by atoms with E-state index in [1.807, 2.05) is 26.0 Å². The van der Waals surface area contributed by atoms with Gasteiger partial charge in [-0.1, -0.05) is 0 Å². The van der Waals surface area contributed by atoms with Gasteiger partial charge < -0.3 is 14.5 Å². The molecule has 1 fully saturated rings. The number of aromatic nitrogens is 4. The molecule has 9 heteroatoms. The van der Waals surface area contributed by atoms with Gasteiger partial charge in [-0.05, 0) is 52.9 Å². The van der Waals surface area contributed by atoms with Crippen molar-refractivity contribution < 1.29 is 9.13 Å². The predicted molar refractivity (Wildman–Crippen MR) is 139 cm³/mol. The highest BCUT2D eigenvalue weighted by Crippen LogP contribution is 2.44. The normalized spacial score (nSPS) is 17.8. The Morgan fingerprint density at radius 2 is 1.89 bits per heavy atom. The van der Waals surface area contributed by atoms with Crippen LogP contribution in [0, 0.1) is 5.82 Å². The van der Waals surface area contributed by atoms with Crippen LogP contribution in [0.2, 0.25) is 0 Å². The van der Waals surface area contributed by atoms with Gasteiger partial charge >= 0.3 is 5.69 Å². The van der Waals surface area contributed by atoms with E-state index in [4.69, 9.17) is 9.72 Å². The third-order valence-electron chi connectivity index (χ3n) is 7.81. The minimum absolute atomic E-state index is 0.143. The van der Waals surface area contributed by atoms with Crippen LogP contribution in [0.5, 0.6) is 5.75 Å². The summed E-state index contributed by atoms with van der Waals surface area (Å²) >= 11 is 0. The lowest BCUT2D eigenvalue weighted by Crippen LogP contribution is -2.42. The second-order valence-corrected chi connectivity index (χ2v) is 10.8. The molecule has 0 unspecified atom stereocenters. The standard InChI is InChI=1S/C27H31FN6O2/c1-27(2)15-36-25-22(16-6-7-21(30-13-16)33-10-8-17(9-11-33)31(3)4)18(28)12-19-23(25)24-20(14-29-19)32(5)26(35)34(24)27/h6-7,12-14,17H,8-11,15H2,1-5H3. The Morgan fingerprint density at radius 1 is 1.14 bits per heavy atom. The number of rotatable bonds is 3. The van der Waals surface area contributed by atoms with E-state index in [2.05, 4.69) is 28.9 Å². The molecule has 0 aliphatic carbocycles. The van der Waals surface area contributed by atoms with Gasteiger partial charge in [-0.15, -0.1) is 0 Å². The fraction of sp³-hybridized carbons (Fsp3) is 0.444. The molecule has 1 aromatic carbocycles. The van der Waals surface area contributed by atoms with Gasteiger partial charge in [0.25, 0.3) is 0 Å². The van der Waals surface area contributed by atoms with E-state index < -0.39 is 11.4 Å². The number of nitrogens with zero attached hydrogens (tertiary/aromatic N) is 6. The average molecular weight is 491 g/mol. The quantitative estimate of drug-likeness (QED) is 0.436. The summed E-state index contributed by atoms with van der Waals surface area (Å²) in [7, 11) is 5.99. The van der Waals surface area contributed by atoms with Crippen LogP contribution in [-0.4, -0.2) is 63.8 Å². The van der Waals surface area contributed by atoms with Crippen LogP contribution in [0.3, 0.4) is 0 Å². The number of ether oxygens (including phenoxy) is 1. The van der Waals surface area contributed by atoms with Gasteiger partial charge in [-0.2, -0.15) is 0 Å². The van der Waals surface area contributed by atoms with E-state index in [0.29, 0.717) is 39.3 Å². The highest BCUT2D eigenvalue weighted by molar-refractivity contribution is 6.09. The second-order valence-electron chi connectivity index (χ2n) is 10.8. The summed E-state index contributed by atoms with van der Waals surface area (Å²) in [5.41, 5.74) is 2.10. The Labute approximate surface area is 208 Å². The van der Waals surface area contributed by atoms with Crippen molar-refractivity contribution in [3.05, 3.63) is 46.9 Å². The van der Waals surface area contributed by atoms with Crippen molar-refractivity contribution in [3.63, 3.8) is 0 Å². The van der Waals surface area contributed by atoms with Crippen LogP contribution in [0.25, 0.3) is 33.1 Å². The molecule has 0 atom stereocenters. The van der Waals surface area contributed by atoms with Gasteiger partial charge in [0.2, 0.25) is 0 Å². The summed E-state index contributed by atoms with van der Waals surface area (Å²) in [4.78, 5) is 26.9. The Kier molecular flexibility index (Phi) is 5.12. The Hall–Kier alpha value is -3.46. The van der Waals surface area contributed by atoms with Crippen molar-refractivity contribution in [2.24, 2.45) is 7.05 Å². The maximum atomic E-state index is 15.6. The third-order valence-corrected chi connectivity index (χ3v) is 7.81. The first kappa shape index (κ1) is 23.0. The zero-order chi connectivity index (χ0) is 25.4. The molecule has 4 aromatic rings. The predicted octanol–water partition coefficient (Wildman–Crippen LogP) is 3.75. The number of halogens is 1. The van der Waals surface area contributed by atoms with Gasteiger partial charge in [0.15, 0.2) is 0 Å². The van der Waals surface area contributed by atoms with Crippen LogP contribution < -0.4 is 15.3 Å². The van der Waals surface area contributed by atoms with E-state index in [1.54, 1.807) is 28.6 Å². The van der Waals surface area contributed by atoms with Crippen molar-refractivity contribution in [2.45, 2.75) is 38.3 Å². The lowest BCUT2D eigenvalue weighted by molar-refractivity contribution is 0.189. The molecule has 0 spiro atoms. The monoisotopic (exact) mass is 490 g/mol. The van der Waals surface area contributed by atoms with Crippen LogP contribution in [0.1, 0.15) is 26.7 Å². The summed E-state index contributed by atoms with van der Waals surface area (Å²) in [6.45, 7) is 6.02. The molecule has 8 nitrogen and oxygen atoms in total. The van der Waals surface area contributed by atoms with E-state index in [0.717, 1.165) is 37.3 Å². The van der Waals surface area contributed by atoms with Crippen LogP contribution in [0.15, 0.2) is 35.4 Å².